The van der Waals surface area contributed by atoms with Gasteiger partial charge in [0.2, 0.25) is 0 Å². The van der Waals surface area contributed by atoms with Gasteiger partial charge in [-0.15, -0.1) is 0 Å². The van der Waals surface area contributed by atoms with Crippen molar-refractivity contribution in [3.63, 3.8) is 0 Å². The lowest BCUT2D eigenvalue weighted by Crippen LogP contribution is -2.38. The largest absolute Gasteiger partial charge is 0.480 e. The second-order valence-electron chi connectivity index (χ2n) is 5.76. The van der Waals surface area contributed by atoms with Gasteiger partial charge in [0, 0.05) is 25.8 Å². The Morgan fingerprint density at radius 1 is 1.20 bits per heavy atom. The number of carboxylic acids is 1. The van der Waals surface area contributed by atoms with Gasteiger partial charge in [-0.3, -0.25) is 10.1 Å². The van der Waals surface area contributed by atoms with Crippen molar-refractivity contribution in [3.8, 4) is 0 Å². The average Bonchev–Trinajstić information content (AvgIpc) is 2.45. The van der Waals surface area contributed by atoms with E-state index in [9.17, 15) is 9.90 Å². The molecule has 1 fully saturated rings. The van der Waals surface area contributed by atoms with E-state index in [4.69, 9.17) is 0 Å². The summed E-state index contributed by atoms with van der Waals surface area (Å²) in [7, 11) is 3.95. The van der Waals surface area contributed by atoms with Crippen LogP contribution in [0.15, 0.2) is 24.3 Å². The van der Waals surface area contributed by atoms with Crippen LogP contribution < -0.4 is 10.2 Å². The number of carboxylic acid groups (broad SMARTS) is 1. The summed E-state index contributed by atoms with van der Waals surface area (Å²) in [5, 5.41) is 12.8. The molecule has 2 N–H and O–H groups in total. The van der Waals surface area contributed by atoms with E-state index in [0.717, 1.165) is 24.1 Å². The second kappa shape index (κ2) is 6.75. The molecule has 0 aromatic heterocycles. The standard InChI is InChI=1S/C16H24N2O2/c1-18(2)14-10-8-12(9-11-14)15(16(19)20)17-13-6-4-3-5-7-13/h8-11,13,15,17H,3-7H2,1-2H3,(H,19,20). The van der Waals surface area contributed by atoms with Gasteiger partial charge in [0.15, 0.2) is 0 Å². The highest BCUT2D eigenvalue weighted by Crippen LogP contribution is 2.23. The molecule has 1 aliphatic rings. The van der Waals surface area contributed by atoms with E-state index in [2.05, 4.69) is 5.32 Å². The number of aliphatic carboxylic acids is 1. The first kappa shape index (κ1) is 14.9. The zero-order valence-electron chi connectivity index (χ0n) is 12.3. The highest BCUT2D eigenvalue weighted by Gasteiger charge is 2.24. The minimum absolute atomic E-state index is 0.332. The summed E-state index contributed by atoms with van der Waals surface area (Å²) in [5.74, 6) is -0.798. The van der Waals surface area contributed by atoms with E-state index in [1.54, 1.807) is 0 Å². The number of nitrogens with one attached hydrogen (secondary N) is 1. The van der Waals surface area contributed by atoms with Gasteiger partial charge in [-0.05, 0) is 30.5 Å². The molecular formula is C16H24N2O2. The number of hydrogen-bond acceptors (Lipinski definition) is 3. The van der Waals surface area contributed by atoms with Gasteiger partial charge in [0.25, 0.3) is 0 Å². The lowest BCUT2D eigenvalue weighted by atomic mass is 9.94. The molecule has 2 rings (SSSR count). The van der Waals surface area contributed by atoms with E-state index in [1.807, 2.05) is 43.3 Å². The quantitative estimate of drug-likeness (QED) is 0.868. The Kier molecular flexibility index (Phi) is 5.01. The molecule has 0 bridgehead atoms. The van der Waals surface area contributed by atoms with Crippen molar-refractivity contribution in [2.24, 2.45) is 0 Å². The lowest BCUT2D eigenvalue weighted by molar-refractivity contribution is -0.140. The van der Waals surface area contributed by atoms with Crippen LogP contribution in [0.1, 0.15) is 43.7 Å². The molecule has 20 heavy (non-hydrogen) atoms. The molecule has 1 saturated carbocycles. The zero-order chi connectivity index (χ0) is 14.5. The predicted molar refractivity (Wildman–Crippen MR) is 81.2 cm³/mol. The molecular weight excluding hydrogens is 252 g/mol. The molecule has 0 heterocycles. The Morgan fingerprint density at radius 3 is 2.30 bits per heavy atom. The van der Waals surface area contributed by atoms with Gasteiger partial charge in [-0.25, -0.2) is 0 Å². The van der Waals surface area contributed by atoms with Crippen LogP contribution in [0.25, 0.3) is 0 Å². The van der Waals surface area contributed by atoms with Crippen molar-refractivity contribution in [3.05, 3.63) is 29.8 Å². The smallest absolute Gasteiger partial charge is 0.325 e. The van der Waals surface area contributed by atoms with Crippen LogP contribution in [0.5, 0.6) is 0 Å². The van der Waals surface area contributed by atoms with Gasteiger partial charge in [0.05, 0.1) is 0 Å². The normalized spacial score (nSPS) is 17.7. The Labute approximate surface area is 120 Å². The molecule has 1 atom stereocenters. The first-order valence-corrected chi connectivity index (χ1v) is 7.34. The summed E-state index contributed by atoms with van der Waals surface area (Å²) < 4.78 is 0. The van der Waals surface area contributed by atoms with Crippen molar-refractivity contribution in [2.45, 2.75) is 44.2 Å². The monoisotopic (exact) mass is 276 g/mol. The topological polar surface area (TPSA) is 52.6 Å². The van der Waals surface area contributed by atoms with Gasteiger partial charge in [-0.1, -0.05) is 31.4 Å². The Morgan fingerprint density at radius 2 is 1.80 bits per heavy atom. The molecule has 0 aliphatic heterocycles. The number of anilines is 1. The van der Waals surface area contributed by atoms with Crippen LogP contribution in [0.4, 0.5) is 5.69 Å². The Balaban J connectivity index is 2.09. The molecule has 0 amide bonds. The van der Waals surface area contributed by atoms with E-state index in [-0.39, 0.29) is 0 Å². The number of carbonyl (C=O) groups is 1. The summed E-state index contributed by atoms with van der Waals surface area (Å²) in [6.45, 7) is 0. The third kappa shape index (κ3) is 3.73. The zero-order valence-corrected chi connectivity index (χ0v) is 12.3. The van der Waals surface area contributed by atoms with Crippen LogP contribution in [-0.2, 0) is 4.79 Å². The van der Waals surface area contributed by atoms with Gasteiger partial charge in [0.1, 0.15) is 6.04 Å². The van der Waals surface area contributed by atoms with Gasteiger partial charge in [-0.2, -0.15) is 0 Å². The minimum atomic E-state index is -0.798. The highest BCUT2D eigenvalue weighted by molar-refractivity contribution is 5.75. The van der Waals surface area contributed by atoms with Gasteiger partial charge >= 0.3 is 5.97 Å². The molecule has 4 nitrogen and oxygen atoms in total. The minimum Gasteiger partial charge on any atom is -0.480 e. The summed E-state index contributed by atoms with van der Waals surface area (Å²) in [5.41, 5.74) is 1.91. The van der Waals surface area contributed by atoms with Crippen LogP contribution in [0, 0.1) is 0 Å². The molecule has 1 aliphatic carbocycles. The first-order chi connectivity index (χ1) is 9.58. The van der Waals surface area contributed by atoms with Crippen molar-refractivity contribution in [2.75, 3.05) is 19.0 Å². The van der Waals surface area contributed by atoms with E-state index < -0.39 is 12.0 Å². The van der Waals surface area contributed by atoms with E-state index in [1.165, 1.54) is 19.3 Å². The van der Waals surface area contributed by atoms with Crippen LogP contribution >= 0.6 is 0 Å². The van der Waals surface area contributed by atoms with Crippen molar-refractivity contribution < 1.29 is 9.90 Å². The van der Waals surface area contributed by atoms with Crippen molar-refractivity contribution in [1.82, 2.24) is 5.32 Å². The number of nitrogens with zero attached hydrogens (tertiary/aromatic N) is 1. The molecule has 1 aromatic carbocycles. The first-order valence-electron chi connectivity index (χ1n) is 7.34. The Bertz CT molecular complexity index is 436. The Hall–Kier alpha value is -1.55. The summed E-state index contributed by atoms with van der Waals surface area (Å²) >= 11 is 0. The van der Waals surface area contributed by atoms with Crippen molar-refractivity contribution >= 4 is 11.7 Å². The summed E-state index contributed by atoms with van der Waals surface area (Å²) in [6, 6.07) is 7.47. The SMILES string of the molecule is CN(C)c1ccc(C(NC2CCCCC2)C(=O)O)cc1. The van der Waals surface area contributed by atoms with Crippen LogP contribution in [0.3, 0.4) is 0 Å². The van der Waals surface area contributed by atoms with E-state index in [0.29, 0.717) is 6.04 Å². The lowest BCUT2D eigenvalue weighted by Gasteiger charge is -2.27. The highest BCUT2D eigenvalue weighted by atomic mass is 16.4. The molecule has 0 radical (unpaired) electrons. The fraction of sp³-hybridized carbons (Fsp3) is 0.562. The van der Waals surface area contributed by atoms with Crippen LogP contribution in [0.2, 0.25) is 0 Å². The second-order valence-corrected chi connectivity index (χ2v) is 5.76. The maximum Gasteiger partial charge on any atom is 0.325 e. The number of rotatable bonds is 5. The fourth-order valence-electron chi connectivity index (χ4n) is 2.78. The maximum absolute atomic E-state index is 11.5. The van der Waals surface area contributed by atoms with Crippen LogP contribution in [-0.4, -0.2) is 31.2 Å². The third-order valence-electron chi connectivity index (χ3n) is 4.00. The third-order valence-corrected chi connectivity index (χ3v) is 4.00. The predicted octanol–water partition coefficient (Wildman–Crippen LogP) is 2.80. The summed E-state index contributed by atoms with van der Waals surface area (Å²) in [6.07, 6.45) is 5.83. The maximum atomic E-state index is 11.5. The molecule has 1 unspecified atom stereocenters. The number of hydrogen-bond donors (Lipinski definition) is 2. The van der Waals surface area contributed by atoms with Gasteiger partial charge < -0.3 is 10.0 Å². The fourth-order valence-corrected chi connectivity index (χ4v) is 2.78. The van der Waals surface area contributed by atoms with Crippen molar-refractivity contribution in [1.29, 1.82) is 0 Å². The molecule has 0 spiro atoms. The van der Waals surface area contributed by atoms with E-state index >= 15 is 0 Å². The average molecular weight is 276 g/mol. The molecule has 4 heteroatoms. The number of benzene rings is 1. The molecule has 110 valence electrons. The summed E-state index contributed by atoms with van der Waals surface area (Å²) in [4.78, 5) is 13.5. The molecule has 0 saturated heterocycles. The molecule has 1 aromatic rings.